The van der Waals surface area contributed by atoms with Crippen LogP contribution in [0.1, 0.15) is 38.2 Å². The van der Waals surface area contributed by atoms with Gasteiger partial charge in [-0.25, -0.2) is 0 Å². The van der Waals surface area contributed by atoms with E-state index in [1.54, 1.807) is 0 Å². The molecule has 4 nitrogen and oxygen atoms in total. The zero-order valence-corrected chi connectivity index (χ0v) is 14.1. The van der Waals surface area contributed by atoms with E-state index in [9.17, 15) is 9.59 Å². The molecule has 1 aromatic rings. The van der Waals surface area contributed by atoms with Crippen LogP contribution in [0.3, 0.4) is 0 Å². The maximum atomic E-state index is 12.9. The number of amides is 2. The first-order valence-corrected chi connectivity index (χ1v) is 8.77. The van der Waals surface area contributed by atoms with Crippen LogP contribution < -0.4 is 4.90 Å². The lowest BCUT2D eigenvalue weighted by molar-refractivity contribution is -0.136. The molecule has 2 amide bonds. The van der Waals surface area contributed by atoms with Gasteiger partial charge in [-0.3, -0.25) is 9.59 Å². The van der Waals surface area contributed by atoms with E-state index >= 15 is 0 Å². The fourth-order valence-corrected chi connectivity index (χ4v) is 3.42. The van der Waals surface area contributed by atoms with Gasteiger partial charge in [0.1, 0.15) is 0 Å². The van der Waals surface area contributed by atoms with Crippen molar-refractivity contribution in [3.05, 3.63) is 29.8 Å². The summed E-state index contributed by atoms with van der Waals surface area (Å²) in [5.74, 6) is 0.832. The molecule has 0 N–H and O–H groups in total. The number of aryl methyl sites for hydroxylation is 1. The Kier molecular flexibility index (Phi) is 4.69. The number of anilines is 1. The summed E-state index contributed by atoms with van der Waals surface area (Å²) in [6, 6.07) is 8.11. The Bertz CT molecular complexity index is 587. The van der Waals surface area contributed by atoms with Gasteiger partial charge in [0.2, 0.25) is 11.8 Å². The summed E-state index contributed by atoms with van der Waals surface area (Å²) in [5.41, 5.74) is 2.15. The monoisotopic (exact) mass is 314 g/mol. The van der Waals surface area contributed by atoms with Gasteiger partial charge >= 0.3 is 0 Å². The van der Waals surface area contributed by atoms with Crippen molar-refractivity contribution in [2.45, 2.75) is 39.5 Å². The van der Waals surface area contributed by atoms with Gasteiger partial charge in [0.05, 0.1) is 0 Å². The summed E-state index contributed by atoms with van der Waals surface area (Å²) in [4.78, 5) is 28.9. The highest BCUT2D eigenvalue weighted by Crippen LogP contribution is 2.33. The van der Waals surface area contributed by atoms with Crippen LogP contribution in [-0.4, -0.2) is 36.3 Å². The number of hydrogen-bond donors (Lipinski definition) is 0. The molecule has 0 aromatic heterocycles. The molecule has 23 heavy (non-hydrogen) atoms. The molecule has 4 heteroatoms. The molecule has 0 spiro atoms. The van der Waals surface area contributed by atoms with Crippen molar-refractivity contribution in [2.75, 3.05) is 24.5 Å². The Morgan fingerprint density at radius 1 is 1.13 bits per heavy atom. The molecule has 1 saturated carbocycles. The maximum absolute atomic E-state index is 12.9. The van der Waals surface area contributed by atoms with Crippen molar-refractivity contribution in [3.63, 3.8) is 0 Å². The van der Waals surface area contributed by atoms with E-state index in [1.165, 1.54) is 5.56 Å². The minimum atomic E-state index is 0.0405. The smallest absolute Gasteiger partial charge is 0.230 e. The SMILES string of the molecule is CCN(C(=O)C1CCN(C(=O)C2CC2)CC1)c1cccc(C)c1. The Morgan fingerprint density at radius 2 is 1.83 bits per heavy atom. The molecule has 0 atom stereocenters. The van der Waals surface area contributed by atoms with E-state index in [-0.39, 0.29) is 17.7 Å². The second-order valence-electron chi connectivity index (χ2n) is 6.80. The lowest BCUT2D eigenvalue weighted by atomic mass is 9.94. The number of likely N-dealkylation sites (tertiary alicyclic amines) is 1. The van der Waals surface area contributed by atoms with Gasteiger partial charge in [0.25, 0.3) is 0 Å². The fraction of sp³-hybridized carbons (Fsp3) is 0.579. The van der Waals surface area contributed by atoms with Crippen molar-refractivity contribution in [1.29, 1.82) is 0 Å². The van der Waals surface area contributed by atoms with Gasteiger partial charge in [0.15, 0.2) is 0 Å². The summed E-state index contributed by atoms with van der Waals surface area (Å²) >= 11 is 0. The second kappa shape index (κ2) is 6.73. The van der Waals surface area contributed by atoms with Crippen LogP contribution in [0, 0.1) is 18.8 Å². The molecular weight excluding hydrogens is 288 g/mol. The normalized spacial score (nSPS) is 18.8. The number of rotatable bonds is 4. The van der Waals surface area contributed by atoms with E-state index in [0.29, 0.717) is 12.5 Å². The molecular formula is C19H26N2O2. The summed E-state index contributed by atoms with van der Waals surface area (Å²) in [7, 11) is 0. The first kappa shape index (κ1) is 16.0. The lowest BCUT2D eigenvalue weighted by Crippen LogP contribution is -2.45. The third-order valence-corrected chi connectivity index (χ3v) is 4.98. The number of hydrogen-bond acceptors (Lipinski definition) is 2. The standard InChI is InChI=1S/C19H26N2O2/c1-3-21(17-6-4-5-14(2)13-17)19(23)16-9-11-20(12-10-16)18(22)15-7-8-15/h4-6,13,15-16H,3,7-12H2,1-2H3. The summed E-state index contributed by atoms with van der Waals surface area (Å²) in [6.45, 7) is 6.22. The van der Waals surface area contributed by atoms with Gasteiger partial charge in [-0.05, 0) is 57.2 Å². The molecule has 1 saturated heterocycles. The highest BCUT2D eigenvalue weighted by molar-refractivity contribution is 5.95. The van der Waals surface area contributed by atoms with Gasteiger partial charge < -0.3 is 9.80 Å². The molecule has 0 unspecified atom stereocenters. The summed E-state index contributed by atoms with van der Waals surface area (Å²) in [6.07, 6.45) is 3.68. The molecule has 0 bridgehead atoms. The number of carbonyl (C=O) groups excluding carboxylic acids is 2. The summed E-state index contributed by atoms with van der Waals surface area (Å²) in [5, 5.41) is 0. The minimum absolute atomic E-state index is 0.0405. The number of carbonyl (C=O) groups is 2. The van der Waals surface area contributed by atoms with Gasteiger partial charge in [0, 0.05) is 37.2 Å². The van der Waals surface area contributed by atoms with Crippen LogP contribution in [0.2, 0.25) is 0 Å². The van der Waals surface area contributed by atoms with Crippen molar-refractivity contribution in [1.82, 2.24) is 4.90 Å². The lowest BCUT2D eigenvalue weighted by Gasteiger charge is -2.34. The van der Waals surface area contributed by atoms with Gasteiger partial charge in [-0.15, -0.1) is 0 Å². The van der Waals surface area contributed by atoms with E-state index in [0.717, 1.165) is 44.5 Å². The predicted octanol–water partition coefficient (Wildman–Crippen LogP) is 3.00. The zero-order chi connectivity index (χ0) is 16.4. The number of benzene rings is 1. The Labute approximate surface area is 138 Å². The Morgan fingerprint density at radius 3 is 2.39 bits per heavy atom. The van der Waals surface area contributed by atoms with E-state index in [2.05, 4.69) is 6.07 Å². The number of nitrogens with zero attached hydrogens (tertiary/aromatic N) is 2. The number of piperidine rings is 1. The molecule has 1 aliphatic carbocycles. The highest BCUT2D eigenvalue weighted by Gasteiger charge is 2.36. The highest BCUT2D eigenvalue weighted by atomic mass is 16.2. The van der Waals surface area contributed by atoms with E-state index in [1.807, 2.05) is 41.8 Å². The van der Waals surface area contributed by atoms with Crippen molar-refractivity contribution >= 4 is 17.5 Å². The van der Waals surface area contributed by atoms with Crippen LogP contribution in [-0.2, 0) is 9.59 Å². The average molecular weight is 314 g/mol. The molecule has 2 aliphatic rings. The molecule has 1 heterocycles. The van der Waals surface area contributed by atoms with Crippen molar-refractivity contribution < 1.29 is 9.59 Å². The molecule has 0 radical (unpaired) electrons. The van der Waals surface area contributed by atoms with Crippen molar-refractivity contribution in [2.24, 2.45) is 11.8 Å². The van der Waals surface area contributed by atoms with Crippen LogP contribution in [0.4, 0.5) is 5.69 Å². The topological polar surface area (TPSA) is 40.6 Å². The quantitative estimate of drug-likeness (QED) is 0.857. The molecule has 1 aromatic carbocycles. The van der Waals surface area contributed by atoms with Crippen LogP contribution >= 0.6 is 0 Å². The van der Waals surface area contributed by atoms with Crippen molar-refractivity contribution in [3.8, 4) is 0 Å². The van der Waals surface area contributed by atoms with Crippen LogP contribution in [0.5, 0.6) is 0 Å². The third kappa shape index (κ3) is 3.57. The Hall–Kier alpha value is -1.84. The Balaban J connectivity index is 1.62. The molecule has 3 rings (SSSR count). The minimum Gasteiger partial charge on any atom is -0.342 e. The first-order valence-electron chi connectivity index (χ1n) is 8.77. The predicted molar refractivity (Wildman–Crippen MR) is 91.2 cm³/mol. The van der Waals surface area contributed by atoms with Crippen LogP contribution in [0.15, 0.2) is 24.3 Å². The first-order chi connectivity index (χ1) is 11.1. The van der Waals surface area contributed by atoms with Gasteiger partial charge in [-0.1, -0.05) is 12.1 Å². The van der Waals surface area contributed by atoms with Gasteiger partial charge in [-0.2, -0.15) is 0 Å². The maximum Gasteiger partial charge on any atom is 0.230 e. The van der Waals surface area contributed by atoms with Crippen LogP contribution in [0.25, 0.3) is 0 Å². The van der Waals surface area contributed by atoms with E-state index in [4.69, 9.17) is 0 Å². The summed E-state index contributed by atoms with van der Waals surface area (Å²) < 4.78 is 0. The largest absolute Gasteiger partial charge is 0.342 e. The molecule has 124 valence electrons. The third-order valence-electron chi connectivity index (χ3n) is 4.98. The van der Waals surface area contributed by atoms with E-state index < -0.39 is 0 Å². The molecule has 2 fully saturated rings. The second-order valence-corrected chi connectivity index (χ2v) is 6.80. The zero-order valence-electron chi connectivity index (χ0n) is 14.1. The average Bonchev–Trinajstić information content (AvgIpc) is 3.40. The fourth-order valence-electron chi connectivity index (χ4n) is 3.42. The molecule has 1 aliphatic heterocycles.